The van der Waals surface area contributed by atoms with Gasteiger partial charge in [0.15, 0.2) is 23.0 Å². The minimum atomic E-state index is -0.546. The van der Waals surface area contributed by atoms with Crippen LogP contribution < -0.4 is 23.7 Å². The largest absolute Gasteiger partial charge is 0.493 e. The average Bonchev–Trinajstić information content (AvgIpc) is 3.27. The number of thioether (sulfide) groups is 2. The summed E-state index contributed by atoms with van der Waals surface area (Å²) in [5.41, 5.74) is 1.43. The average molecular weight is 423 g/mol. The molecule has 0 unspecified atom stereocenters. The Bertz CT molecular complexity index is 824. The van der Waals surface area contributed by atoms with Gasteiger partial charge >= 0.3 is 5.97 Å². The van der Waals surface area contributed by atoms with Gasteiger partial charge in [-0.05, 0) is 29.8 Å². The highest BCUT2D eigenvalue weighted by molar-refractivity contribution is 8.19. The molecule has 2 aromatic rings. The van der Waals surface area contributed by atoms with Crippen LogP contribution in [0.2, 0.25) is 0 Å². The number of benzene rings is 2. The van der Waals surface area contributed by atoms with Crippen LogP contribution in [0.5, 0.6) is 28.7 Å². The van der Waals surface area contributed by atoms with E-state index in [0.717, 1.165) is 17.1 Å². The summed E-state index contributed by atoms with van der Waals surface area (Å²) in [5.74, 6) is 3.78. The quantitative estimate of drug-likeness (QED) is 0.480. The molecule has 8 heteroatoms. The van der Waals surface area contributed by atoms with Crippen molar-refractivity contribution < 1.29 is 28.5 Å². The molecular weight excluding hydrogens is 400 g/mol. The van der Waals surface area contributed by atoms with E-state index >= 15 is 0 Å². The summed E-state index contributed by atoms with van der Waals surface area (Å²) in [6, 6.07) is 8.76. The van der Waals surface area contributed by atoms with Crippen molar-refractivity contribution >= 4 is 29.5 Å². The van der Waals surface area contributed by atoms with Crippen molar-refractivity contribution in [2.75, 3.05) is 39.9 Å². The lowest BCUT2D eigenvalue weighted by Crippen LogP contribution is -2.10. The number of hydrogen-bond donors (Lipinski definition) is 0. The molecule has 1 aliphatic heterocycles. The highest BCUT2D eigenvalue weighted by Gasteiger charge is 2.22. The van der Waals surface area contributed by atoms with E-state index in [1.807, 2.05) is 35.7 Å². The first-order valence-electron chi connectivity index (χ1n) is 8.54. The second kappa shape index (κ2) is 9.34. The van der Waals surface area contributed by atoms with Crippen LogP contribution in [0.1, 0.15) is 20.5 Å². The van der Waals surface area contributed by atoms with Crippen LogP contribution in [-0.2, 0) is 0 Å². The van der Waals surface area contributed by atoms with Crippen molar-refractivity contribution in [1.82, 2.24) is 0 Å². The summed E-state index contributed by atoms with van der Waals surface area (Å²) >= 11 is 3.81. The zero-order valence-electron chi connectivity index (χ0n) is 16.1. The van der Waals surface area contributed by atoms with Gasteiger partial charge in [-0.15, -0.1) is 23.5 Å². The normalized spacial score (nSPS) is 13.9. The number of hydrogen-bond acceptors (Lipinski definition) is 8. The predicted octanol–water partition coefficient (Wildman–Crippen LogP) is 4.42. The van der Waals surface area contributed by atoms with Gasteiger partial charge in [-0.2, -0.15) is 0 Å². The van der Waals surface area contributed by atoms with Crippen LogP contribution in [0.3, 0.4) is 0 Å². The molecule has 1 heterocycles. The molecule has 1 fully saturated rings. The molecule has 0 radical (unpaired) electrons. The number of carbonyl (C=O) groups excluding carboxylic acids is 1. The van der Waals surface area contributed by atoms with Gasteiger partial charge in [0.2, 0.25) is 5.75 Å². The van der Waals surface area contributed by atoms with E-state index in [4.69, 9.17) is 23.7 Å². The van der Waals surface area contributed by atoms with Crippen molar-refractivity contribution in [3.05, 3.63) is 41.5 Å². The molecule has 0 spiro atoms. The van der Waals surface area contributed by atoms with Crippen molar-refractivity contribution in [3.8, 4) is 28.7 Å². The molecular formula is C20H22O6S2. The lowest BCUT2D eigenvalue weighted by molar-refractivity contribution is 0.0728. The number of ether oxygens (including phenoxy) is 5. The third-order valence-corrected chi connectivity index (χ3v) is 7.29. The maximum atomic E-state index is 12.7. The lowest BCUT2D eigenvalue weighted by Gasteiger charge is -2.15. The van der Waals surface area contributed by atoms with Crippen LogP contribution in [0.25, 0.3) is 0 Å². The fourth-order valence-electron chi connectivity index (χ4n) is 2.82. The molecule has 0 atom stereocenters. The molecule has 28 heavy (non-hydrogen) atoms. The van der Waals surface area contributed by atoms with Gasteiger partial charge in [0.25, 0.3) is 0 Å². The molecule has 0 bridgehead atoms. The summed E-state index contributed by atoms with van der Waals surface area (Å²) < 4.78 is 27.3. The Labute approximate surface area is 172 Å². The molecule has 1 aliphatic rings. The molecule has 150 valence electrons. The molecule has 3 rings (SSSR count). The van der Waals surface area contributed by atoms with Crippen LogP contribution in [-0.4, -0.2) is 45.9 Å². The zero-order valence-corrected chi connectivity index (χ0v) is 17.8. The Morgan fingerprint density at radius 3 is 1.96 bits per heavy atom. The minimum Gasteiger partial charge on any atom is -0.493 e. The van der Waals surface area contributed by atoms with E-state index in [0.29, 0.717) is 33.3 Å². The van der Waals surface area contributed by atoms with Gasteiger partial charge < -0.3 is 23.7 Å². The van der Waals surface area contributed by atoms with Crippen molar-refractivity contribution in [3.63, 3.8) is 0 Å². The van der Waals surface area contributed by atoms with E-state index in [9.17, 15) is 4.79 Å². The van der Waals surface area contributed by atoms with E-state index in [1.54, 1.807) is 25.3 Å². The van der Waals surface area contributed by atoms with Gasteiger partial charge in [0, 0.05) is 11.5 Å². The summed E-state index contributed by atoms with van der Waals surface area (Å²) in [5, 5.41) is 0. The monoisotopic (exact) mass is 422 g/mol. The Morgan fingerprint density at radius 2 is 1.43 bits per heavy atom. The number of carbonyl (C=O) groups is 1. The van der Waals surface area contributed by atoms with Gasteiger partial charge in [-0.1, -0.05) is 6.07 Å². The number of rotatable bonds is 7. The standard InChI is InChI=1S/C20H22O6S2/c1-22-15-9-12(20-27-7-8-28-20)5-6-14(15)26-19(21)13-10-16(23-2)18(25-4)17(11-13)24-3/h5-6,9-11,20H,7-8H2,1-4H3. The van der Waals surface area contributed by atoms with Crippen molar-refractivity contribution in [2.45, 2.75) is 4.58 Å². The van der Waals surface area contributed by atoms with Crippen molar-refractivity contribution in [2.24, 2.45) is 0 Å². The first-order valence-corrected chi connectivity index (χ1v) is 10.6. The van der Waals surface area contributed by atoms with Crippen LogP contribution in [0, 0.1) is 0 Å². The Kier molecular flexibility index (Phi) is 6.85. The van der Waals surface area contributed by atoms with Crippen molar-refractivity contribution in [1.29, 1.82) is 0 Å². The molecule has 2 aromatic carbocycles. The first-order chi connectivity index (χ1) is 13.6. The predicted molar refractivity (Wildman–Crippen MR) is 112 cm³/mol. The fraction of sp³-hybridized carbons (Fsp3) is 0.350. The molecule has 1 saturated heterocycles. The minimum absolute atomic E-state index is 0.280. The van der Waals surface area contributed by atoms with Gasteiger partial charge in [0.05, 0.1) is 38.6 Å². The number of esters is 1. The van der Waals surface area contributed by atoms with Gasteiger partial charge in [-0.25, -0.2) is 4.79 Å². The highest BCUT2D eigenvalue weighted by Crippen LogP contribution is 2.47. The van der Waals surface area contributed by atoms with Crippen LogP contribution in [0.4, 0.5) is 0 Å². The summed E-state index contributed by atoms with van der Waals surface area (Å²) in [4.78, 5) is 12.7. The lowest BCUT2D eigenvalue weighted by atomic mass is 10.1. The van der Waals surface area contributed by atoms with Gasteiger partial charge in [-0.3, -0.25) is 0 Å². The molecule has 0 aliphatic carbocycles. The van der Waals surface area contributed by atoms with Gasteiger partial charge in [0.1, 0.15) is 0 Å². The van der Waals surface area contributed by atoms with E-state index in [1.165, 1.54) is 21.3 Å². The smallest absolute Gasteiger partial charge is 0.343 e. The second-order valence-electron chi connectivity index (χ2n) is 5.79. The van der Waals surface area contributed by atoms with Crippen LogP contribution in [0.15, 0.2) is 30.3 Å². The molecule has 0 saturated carbocycles. The molecule has 0 N–H and O–H groups in total. The SMILES string of the molecule is COc1cc(C2SCCS2)ccc1OC(=O)c1cc(OC)c(OC)c(OC)c1. The second-order valence-corrected chi connectivity index (χ2v) is 8.51. The first kappa shape index (κ1) is 20.5. The zero-order chi connectivity index (χ0) is 20.1. The molecule has 0 amide bonds. The summed E-state index contributed by atoms with van der Waals surface area (Å²) in [7, 11) is 6.05. The maximum Gasteiger partial charge on any atom is 0.343 e. The van der Waals surface area contributed by atoms with Crippen LogP contribution >= 0.6 is 23.5 Å². The third-order valence-electron chi connectivity index (χ3n) is 4.18. The summed E-state index contributed by atoms with van der Waals surface area (Å²) in [6.07, 6.45) is 0. The maximum absolute atomic E-state index is 12.7. The third kappa shape index (κ3) is 4.28. The number of methoxy groups -OCH3 is 4. The Balaban J connectivity index is 1.86. The van der Waals surface area contributed by atoms with E-state index in [-0.39, 0.29) is 5.56 Å². The van der Waals surface area contributed by atoms with E-state index in [2.05, 4.69) is 0 Å². The Hall–Kier alpha value is -2.19. The fourth-order valence-corrected chi connectivity index (χ4v) is 5.66. The topological polar surface area (TPSA) is 63.2 Å². The van der Waals surface area contributed by atoms with E-state index < -0.39 is 5.97 Å². The summed E-state index contributed by atoms with van der Waals surface area (Å²) in [6.45, 7) is 0. The Morgan fingerprint density at radius 1 is 0.821 bits per heavy atom. The highest BCUT2D eigenvalue weighted by atomic mass is 32.2. The molecule has 0 aromatic heterocycles. The molecule has 6 nitrogen and oxygen atoms in total.